The second-order valence-electron chi connectivity index (χ2n) is 4.34. The Balaban J connectivity index is 2.28. The lowest BCUT2D eigenvalue weighted by Crippen LogP contribution is -2.21. The average Bonchev–Trinajstić information content (AvgIpc) is 2.38. The summed E-state index contributed by atoms with van der Waals surface area (Å²) in [5.41, 5.74) is 0.539. The fourth-order valence-electron chi connectivity index (χ4n) is 1.56. The number of alkyl halides is 3. The monoisotopic (exact) mass is 290 g/mol. The van der Waals surface area contributed by atoms with Gasteiger partial charge in [0.15, 0.2) is 0 Å². The van der Waals surface area contributed by atoms with Crippen molar-refractivity contribution in [2.75, 3.05) is 5.75 Å². The second kappa shape index (κ2) is 8.25. The van der Waals surface area contributed by atoms with Gasteiger partial charge in [0.25, 0.3) is 0 Å². The first-order chi connectivity index (χ1) is 9.00. The van der Waals surface area contributed by atoms with E-state index in [9.17, 15) is 18.0 Å². The summed E-state index contributed by atoms with van der Waals surface area (Å²) in [4.78, 5) is 11.7. The largest absolute Gasteiger partial charge is 0.282 e. The summed E-state index contributed by atoms with van der Waals surface area (Å²) >= 11 is 0.955. The molecule has 0 aliphatic rings. The molecule has 0 aromatic heterocycles. The molecule has 3 atom stereocenters. The molecule has 5 heteroatoms. The van der Waals surface area contributed by atoms with Gasteiger partial charge in [0.05, 0.1) is 0 Å². The molecule has 1 nitrogen and oxygen atoms in total. The maximum absolute atomic E-state index is 13.3. The molecule has 19 heavy (non-hydrogen) atoms. The minimum atomic E-state index is -1.80. The summed E-state index contributed by atoms with van der Waals surface area (Å²) in [7, 11) is 0. The van der Waals surface area contributed by atoms with E-state index in [1.54, 1.807) is 30.3 Å². The number of benzene rings is 1. The number of hydrogen-bond donors (Lipinski definition) is 0. The fourth-order valence-corrected chi connectivity index (χ4v) is 2.39. The lowest BCUT2D eigenvalue weighted by Gasteiger charge is -2.13. The van der Waals surface area contributed by atoms with E-state index in [0.717, 1.165) is 11.8 Å². The van der Waals surface area contributed by atoms with Gasteiger partial charge in [-0.1, -0.05) is 42.1 Å². The van der Waals surface area contributed by atoms with Gasteiger partial charge in [0.1, 0.15) is 18.5 Å². The Kier molecular flexibility index (Phi) is 6.99. The SMILES string of the molecule is CC(F)CC(F)C(F)CCSC(=O)c1ccccc1. The molecule has 3 unspecified atom stereocenters. The van der Waals surface area contributed by atoms with Crippen molar-refractivity contribution in [2.45, 2.75) is 38.3 Å². The van der Waals surface area contributed by atoms with Crippen LogP contribution in [0.4, 0.5) is 13.2 Å². The maximum atomic E-state index is 13.3. The van der Waals surface area contributed by atoms with Crippen molar-refractivity contribution in [3.05, 3.63) is 35.9 Å². The zero-order valence-corrected chi connectivity index (χ0v) is 11.5. The first-order valence-corrected chi connectivity index (χ1v) is 7.13. The van der Waals surface area contributed by atoms with E-state index >= 15 is 0 Å². The minimum absolute atomic E-state index is 0.0862. The Morgan fingerprint density at radius 2 is 1.79 bits per heavy atom. The van der Waals surface area contributed by atoms with Gasteiger partial charge in [-0.2, -0.15) is 0 Å². The summed E-state index contributed by atoms with van der Waals surface area (Å²) in [6.07, 6.45) is -5.39. The molecule has 0 aliphatic heterocycles. The van der Waals surface area contributed by atoms with Crippen LogP contribution in [0.2, 0.25) is 0 Å². The molecule has 0 aliphatic carbocycles. The van der Waals surface area contributed by atoms with Crippen LogP contribution in [0.3, 0.4) is 0 Å². The van der Waals surface area contributed by atoms with Gasteiger partial charge in [-0.15, -0.1) is 0 Å². The third-order valence-electron chi connectivity index (χ3n) is 2.58. The highest BCUT2D eigenvalue weighted by Gasteiger charge is 2.22. The zero-order valence-electron chi connectivity index (χ0n) is 10.7. The van der Waals surface area contributed by atoms with Crippen molar-refractivity contribution < 1.29 is 18.0 Å². The van der Waals surface area contributed by atoms with E-state index < -0.39 is 24.9 Å². The third kappa shape index (κ3) is 6.14. The van der Waals surface area contributed by atoms with Crippen LogP contribution in [-0.4, -0.2) is 29.4 Å². The topological polar surface area (TPSA) is 17.1 Å². The van der Waals surface area contributed by atoms with Gasteiger partial charge in [0.2, 0.25) is 5.12 Å². The molecule has 1 aromatic carbocycles. The molecule has 0 bridgehead atoms. The standard InChI is InChI=1S/C14H17F3OS/c1-10(15)9-13(17)12(16)7-8-19-14(18)11-5-3-2-4-6-11/h2-6,10,12-13H,7-9H2,1H3. The van der Waals surface area contributed by atoms with Gasteiger partial charge >= 0.3 is 0 Å². The normalized spacial score (nSPS) is 15.8. The van der Waals surface area contributed by atoms with Crippen molar-refractivity contribution in [2.24, 2.45) is 0 Å². The molecular formula is C14H17F3OS. The Hall–Kier alpha value is -0.970. The second-order valence-corrected chi connectivity index (χ2v) is 5.41. The predicted molar refractivity (Wildman–Crippen MR) is 72.8 cm³/mol. The summed E-state index contributed by atoms with van der Waals surface area (Å²) in [6.45, 7) is 1.20. The predicted octanol–water partition coefficient (Wildman–Crippen LogP) is 4.37. The molecular weight excluding hydrogens is 273 g/mol. The summed E-state index contributed by atoms with van der Waals surface area (Å²) in [5.74, 6) is 0.190. The van der Waals surface area contributed by atoms with Crippen LogP contribution in [0.25, 0.3) is 0 Å². The highest BCUT2D eigenvalue weighted by Crippen LogP contribution is 2.19. The van der Waals surface area contributed by atoms with E-state index in [-0.39, 0.29) is 17.3 Å². The Bertz CT molecular complexity index is 384. The molecule has 1 rings (SSSR count). The fraction of sp³-hybridized carbons (Fsp3) is 0.500. The van der Waals surface area contributed by atoms with Crippen molar-refractivity contribution in [3.8, 4) is 0 Å². The molecule has 0 amide bonds. The molecule has 0 N–H and O–H groups in total. The minimum Gasteiger partial charge on any atom is -0.282 e. The van der Waals surface area contributed by atoms with E-state index in [2.05, 4.69) is 0 Å². The van der Waals surface area contributed by atoms with Gasteiger partial charge in [-0.25, -0.2) is 13.2 Å². The van der Waals surface area contributed by atoms with Gasteiger partial charge < -0.3 is 0 Å². The molecule has 0 radical (unpaired) electrons. The maximum Gasteiger partial charge on any atom is 0.219 e. The van der Waals surface area contributed by atoms with Gasteiger partial charge in [0, 0.05) is 17.7 Å². The number of carbonyl (C=O) groups is 1. The van der Waals surface area contributed by atoms with E-state index in [1.165, 1.54) is 6.92 Å². The summed E-state index contributed by atoms with van der Waals surface area (Å²) < 4.78 is 39.0. The molecule has 0 saturated carbocycles. The molecule has 1 aromatic rings. The van der Waals surface area contributed by atoms with E-state index in [0.29, 0.717) is 5.56 Å². The highest BCUT2D eigenvalue weighted by molar-refractivity contribution is 8.14. The Labute approximate surface area is 115 Å². The van der Waals surface area contributed by atoms with Crippen LogP contribution in [0.1, 0.15) is 30.1 Å². The lowest BCUT2D eigenvalue weighted by atomic mass is 10.1. The van der Waals surface area contributed by atoms with Crippen molar-refractivity contribution in [1.82, 2.24) is 0 Å². The molecule has 0 heterocycles. The molecule has 0 saturated heterocycles. The quantitative estimate of drug-likeness (QED) is 0.741. The van der Waals surface area contributed by atoms with E-state index in [4.69, 9.17) is 0 Å². The van der Waals surface area contributed by atoms with Crippen molar-refractivity contribution in [1.29, 1.82) is 0 Å². The summed E-state index contributed by atoms with van der Waals surface area (Å²) in [6, 6.07) is 8.62. The van der Waals surface area contributed by atoms with Crippen molar-refractivity contribution >= 4 is 16.9 Å². The van der Waals surface area contributed by atoms with Crippen LogP contribution in [0, 0.1) is 0 Å². The third-order valence-corrected chi connectivity index (χ3v) is 3.52. The first kappa shape index (κ1) is 16.1. The smallest absolute Gasteiger partial charge is 0.219 e. The van der Waals surface area contributed by atoms with Gasteiger partial charge in [-0.05, 0) is 13.3 Å². The zero-order chi connectivity index (χ0) is 14.3. The van der Waals surface area contributed by atoms with Gasteiger partial charge in [-0.3, -0.25) is 4.79 Å². The van der Waals surface area contributed by atoms with Crippen molar-refractivity contribution in [3.63, 3.8) is 0 Å². The lowest BCUT2D eigenvalue weighted by molar-refractivity contribution is 0.108. The van der Waals surface area contributed by atoms with E-state index in [1.807, 2.05) is 0 Å². The first-order valence-electron chi connectivity index (χ1n) is 6.15. The highest BCUT2D eigenvalue weighted by atomic mass is 32.2. The Morgan fingerprint density at radius 3 is 2.37 bits per heavy atom. The number of carbonyl (C=O) groups excluding carboxylic acids is 1. The average molecular weight is 290 g/mol. The van der Waals surface area contributed by atoms with Crippen LogP contribution >= 0.6 is 11.8 Å². The number of rotatable bonds is 7. The Morgan fingerprint density at radius 1 is 1.16 bits per heavy atom. The molecule has 0 fully saturated rings. The van der Waals surface area contributed by atoms with Crippen LogP contribution in [0.15, 0.2) is 30.3 Å². The van der Waals surface area contributed by atoms with Crippen LogP contribution in [0.5, 0.6) is 0 Å². The van der Waals surface area contributed by atoms with Crippen LogP contribution in [-0.2, 0) is 0 Å². The molecule has 0 spiro atoms. The van der Waals surface area contributed by atoms with Crippen LogP contribution < -0.4 is 0 Å². The summed E-state index contributed by atoms with van der Waals surface area (Å²) in [5, 5.41) is -0.165. The number of hydrogen-bond acceptors (Lipinski definition) is 2. The molecule has 106 valence electrons. The number of halogens is 3. The number of thioether (sulfide) groups is 1.